The summed E-state index contributed by atoms with van der Waals surface area (Å²) in [6.45, 7) is 5.96. The Bertz CT molecular complexity index is 333. The summed E-state index contributed by atoms with van der Waals surface area (Å²) >= 11 is 0. The van der Waals surface area contributed by atoms with Gasteiger partial charge in [-0.15, -0.1) is 0 Å². The maximum Gasteiger partial charge on any atom is 0.319 e. The second-order valence-electron chi connectivity index (χ2n) is 5.71. The van der Waals surface area contributed by atoms with Crippen molar-refractivity contribution in [1.82, 2.24) is 10.2 Å². The summed E-state index contributed by atoms with van der Waals surface area (Å²) in [6, 6.07) is 0. The molecule has 2 rings (SSSR count). The van der Waals surface area contributed by atoms with Crippen LogP contribution in [0.1, 0.15) is 32.6 Å². The Hall–Kier alpha value is -1.10. The van der Waals surface area contributed by atoms with Crippen LogP contribution in [0.15, 0.2) is 0 Å². The van der Waals surface area contributed by atoms with Crippen LogP contribution >= 0.6 is 0 Å². The predicted octanol–water partition coefficient (Wildman–Crippen LogP) is 0.699. The first kappa shape index (κ1) is 13.3. The first-order valence-electron chi connectivity index (χ1n) is 6.79. The van der Waals surface area contributed by atoms with Crippen molar-refractivity contribution >= 4 is 11.9 Å². The van der Waals surface area contributed by atoms with Gasteiger partial charge in [0, 0.05) is 13.1 Å². The largest absolute Gasteiger partial charge is 0.480 e. The van der Waals surface area contributed by atoms with Gasteiger partial charge in [-0.05, 0) is 44.7 Å². The van der Waals surface area contributed by atoms with Crippen molar-refractivity contribution in [3.8, 4) is 0 Å². The summed E-state index contributed by atoms with van der Waals surface area (Å²) in [4.78, 5) is 25.2. The quantitative estimate of drug-likeness (QED) is 0.685. The molecule has 0 radical (unpaired) electrons. The number of rotatable bonds is 6. The van der Waals surface area contributed by atoms with Crippen LogP contribution in [0.5, 0.6) is 0 Å². The van der Waals surface area contributed by atoms with Crippen molar-refractivity contribution in [2.75, 3.05) is 26.2 Å². The minimum absolute atomic E-state index is 0.303. The first-order valence-corrected chi connectivity index (χ1v) is 6.79. The maximum atomic E-state index is 11.8. The molecule has 1 amide bonds. The molecule has 1 unspecified atom stereocenters. The number of amides is 1. The SMILES string of the molecule is CC(CNC(=O)C1(C(=O)O)CC1)CN1CCCC1. The molecule has 102 valence electrons. The molecule has 2 N–H and O–H groups in total. The maximum absolute atomic E-state index is 11.8. The molecular formula is C13H22N2O3. The fourth-order valence-corrected chi connectivity index (χ4v) is 2.57. The van der Waals surface area contributed by atoms with Gasteiger partial charge in [-0.2, -0.15) is 0 Å². The number of carbonyl (C=O) groups is 2. The molecule has 0 bridgehead atoms. The van der Waals surface area contributed by atoms with Crippen molar-refractivity contribution < 1.29 is 14.7 Å². The Morgan fingerprint density at radius 1 is 1.33 bits per heavy atom. The number of likely N-dealkylation sites (tertiary alicyclic amines) is 1. The molecule has 1 saturated carbocycles. The van der Waals surface area contributed by atoms with E-state index in [1.54, 1.807) is 0 Å². The van der Waals surface area contributed by atoms with Crippen LogP contribution in [0.3, 0.4) is 0 Å². The summed E-state index contributed by atoms with van der Waals surface area (Å²) in [7, 11) is 0. The summed E-state index contributed by atoms with van der Waals surface area (Å²) in [5.41, 5.74) is -1.10. The van der Waals surface area contributed by atoms with E-state index in [2.05, 4.69) is 17.1 Å². The molecule has 2 aliphatic rings. The van der Waals surface area contributed by atoms with E-state index in [9.17, 15) is 9.59 Å². The lowest BCUT2D eigenvalue weighted by atomic mass is 10.1. The Kier molecular flexibility index (Phi) is 3.90. The van der Waals surface area contributed by atoms with Gasteiger partial charge < -0.3 is 15.3 Å². The normalized spacial score (nSPS) is 23.6. The summed E-state index contributed by atoms with van der Waals surface area (Å²) in [6.07, 6.45) is 3.49. The number of nitrogens with zero attached hydrogens (tertiary/aromatic N) is 1. The van der Waals surface area contributed by atoms with Gasteiger partial charge in [-0.25, -0.2) is 0 Å². The van der Waals surface area contributed by atoms with Crippen molar-refractivity contribution in [2.45, 2.75) is 32.6 Å². The van der Waals surface area contributed by atoms with Crippen molar-refractivity contribution in [3.63, 3.8) is 0 Å². The Labute approximate surface area is 108 Å². The van der Waals surface area contributed by atoms with Gasteiger partial charge in [0.05, 0.1) is 0 Å². The van der Waals surface area contributed by atoms with Crippen LogP contribution < -0.4 is 5.32 Å². The molecule has 1 atom stereocenters. The van der Waals surface area contributed by atoms with Gasteiger partial charge in [-0.3, -0.25) is 9.59 Å². The third-order valence-electron chi connectivity index (χ3n) is 3.97. The van der Waals surface area contributed by atoms with Crippen LogP contribution in [-0.4, -0.2) is 48.1 Å². The highest BCUT2D eigenvalue weighted by atomic mass is 16.4. The highest BCUT2D eigenvalue weighted by Gasteiger charge is 2.56. The lowest BCUT2D eigenvalue weighted by Gasteiger charge is -2.21. The molecule has 5 heteroatoms. The zero-order chi connectivity index (χ0) is 13.2. The zero-order valence-corrected chi connectivity index (χ0v) is 10.9. The van der Waals surface area contributed by atoms with E-state index in [0.717, 1.165) is 19.6 Å². The van der Waals surface area contributed by atoms with E-state index in [0.29, 0.717) is 25.3 Å². The molecule has 5 nitrogen and oxygen atoms in total. The number of aliphatic carboxylic acids is 1. The van der Waals surface area contributed by atoms with Crippen LogP contribution in [0.2, 0.25) is 0 Å². The summed E-state index contributed by atoms with van der Waals surface area (Å²) in [5, 5.41) is 11.8. The van der Waals surface area contributed by atoms with Crippen molar-refractivity contribution in [3.05, 3.63) is 0 Å². The molecule has 1 aliphatic carbocycles. The van der Waals surface area contributed by atoms with E-state index >= 15 is 0 Å². The molecule has 18 heavy (non-hydrogen) atoms. The first-order chi connectivity index (χ1) is 8.54. The third-order valence-corrected chi connectivity index (χ3v) is 3.97. The van der Waals surface area contributed by atoms with E-state index in [1.165, 1.54) is 12.8 Å². The molecule has 1 aliphatic heterocycles. The van der Waals surface area contributed by atoms with Gasteiger partial charge in [-0.1, -0.05) is 6.92 Å². The third kappa shape index (κ3) is 2.83. The molecule has 1 heterocycles. The van der Waals surface area contributed by atoms with E-state index in [4.69, 9.17) is 5.11 Å². The van der Waals surface area contributed by atoms with Crippen LogP contribution in [0, 0.1) is 11.3 Å². The molecule has 2 fully saturated rings. The number of carbonyl (C=O) groups excluding carboxylic acids is 1. The van der Waals surface area contributed by atoms with Gasteiger partial charge in [0.25, 0.3) is 0 Å². The Morgan fingerprint density at radius 3 is 2.44 bits per heavy atom. The second kappa shape index (κ2) is 5.26. The predicted molar refractivity (Wildman–Crippen MR) is 67.2 cm³/mol. The van der Waals surface area contributed by atoms with Gasteiger partial charge in [0.2, 0.25) is 5.91 Å². The number of hydrogen-bond acceptors (Lipinski definition) is 3. The smallest absolute Gasteiger partial charge is 0.319 e. The Balaban J connectivity index is 1.71. The minimum Gasteiger partial charge on any atom is -0.480 e. The standard InChI is InChI=1S/C13H22N2O3/c1-10(9-15-6-2-3-7-15)8-14-11(16)13(4-5-13)12(17)18/h10H,2-9H2,1H3,(H,14,16)(H,17,18). The van der Waals surface area contributed by atoms with E-state index in [-0.39, 0.29) is 5.91 Å². The number of carboxylic acids is 1. The van der Waals surface area contributed by atoms with E-state index in [1.807, 2.05) is 0 Å². The highest BCUT2D eigenvalue weighted by Crippen LogP contribution is 2.46. The van der Waals surface area contributed by atoms with Crippen molar-refractivity contribution in [2.24, 2.45) is 11.3 Å². The molecule has 0 aromatic rings. The highest BCUT2D eigenvalue weighted by molar-refractivity contribution is 6.04. The van der Waals surface area contributed by atoms with Crippen LogP contribution in [-0.2, 0) is 9.59 Å². The van der Waals surface area contributed by atoms with Crippen LogP contribution in [0.4, 0.5) is 0 Å². The van der Waals surface area contributed by atoms with Crippen molar-refractivity contribution in [1.29, 1.82) is 0 Å². The fraction of sp³-hybridized carbons (Fsp3) is 0.846. The number of carboxylic acid groups (broad SMARTS) is 1. The van der Waals surface area contributed by atoms with Gasteiger partial charge in [0.1, 0.15) is 5.41 Å². The average molecular weight is 254 g/mol. The molecular weight excluding hydrogens is 232 g/mol. The average Bonchev–Trinajstić information content (AvgIpc) is 3.00. The number of hydrogen-bond donors (Lipinski definition) is 2. The lowest BCUT2D eigenvalue weighted by Crippen LogP contribution is -2.40. The number of nitrogens with one attached hydrogen (secondary N) is 1. The molecule has 0 spiro atoms. The minimum atomic E-state index is -1.10. The molecule has 1 saturated heterocycles. The lowest BCUT2D eigenvalue weighted by molar-refractivity contribution is -0.149. The topological polar surface area (TPSA) is 69.6 Å². The molecule has 0 aromatic carbocycles. The Morgan fingerprint density at radius 2 is 1.94 bits per heavy atom. The fourth-order valence-electron chi connectivity index (χ4n) is 2.57. The monoisotopic (exact) mass is 254 g/mol. The zero-order valence-electron chi connectivity index (χ0n) is 10.9. The van der Waals surface area contributed by atoms with E-state index < -0.39 is 11.4 Å². The van der Waals surface area contributed by atoms with Gasteiger partial charge in [0.15, 0.2) is 0 Å². The summed E-state index contributed by atoms with van der Waals surface area (Å²) < 4.78 is 0. The summed E-state index contributed by atoms with van der Waals surface area (Å²) in [5.74, 6) is -0.910. The second-order valence-corrected chi connectivity index (χ2v) is 5.71. The van der Waals surface area contributed by atoms with Crippen LogP contribution in [0.25, 0.3) is 0 Å². The van der Waals surface area contributed by atoms with Gasteiger partial charge >= 0.3 is 5.97 Å². The molecule has 0 aromatic heterocycles.